The Labute approximate surface area is 170 Å². The number of amides is 1. The number of rotatable bonds is 7. The fourth-order valence-corrected chi connectivity index (χ4v) is 3.60. The van der Waals surface area contributed by atoms with Gasteiger partial charge >= 0.3 is 0 Å². The van der Waals surface area contributed by atoms with E-state index in [1.165, 1.54) is 0 Å². The largest absolute Gasteiger partial charge is 0.507 e. The normalized spacial score (nSPS) is 18.3. The van der Waals surface area contributed by atoms with Crippen molar-refractivity contribution in [1.29, 1.82) is 0 Å². The highest BCUT2D eigenvalue weighted by molar-refractivity contribution is 6.46. The van der Waals surface area contributed by atoms with Crippen LogP contribution >= 0.6 is 0 Å². The van der Waals surface area contributed by atoms with Crippen molar-refractivity contribution in [3.63, 3.8) is 0 Å². The van der Waals surface area contributed by atoms with E-state index in [9.17, 15) is 14.7 Å². The fraction of sp³-hybridized carbons (Fsp3) is 0.348. The molecular formula is C23H26N2O4. The van der Waals surface area contributed by atoms with E-state index in [0.717, 1.165) is 29.7 Å². The summed E-state index contributed by atoms with van der Waals surface area (Å²) in [5.74, 6) is -0.690. The summed E-state index contributed by atoms with van der Waals surface area (Å²) in [5, 5.41) is 11.1. The first-order valence-electron chi connectivity index (χ1n) is 9.91. The monoisotopic (exact) mass is 394 g/mol. The van der Waals surface area contributed by atoms with Crippen molar-refractivity contribution in [1.82, 2.24) is 9.88 Å². The molecule has 1 amide bonds. The molecule has 1 aliphatic heterocycles. The van der Waals surface area contributed by atoms with Crippen molar-refractivity contribution < 1.29 is 19.4 Å². The second kappa shape index (κ2) is 8.90. The Kier molecular flexibility index (Phi) is 6.32. The van der Waals surface area contributed by atoms with E-state index in [2.05, 4.69) is 4.98 Å². The van der Waals surface area contributed by atoms with Gasteiger partial charge in [-0.2, -0.15) is 0 Å². The van der Waals surface area contributed by atoms with Gasteiger partial charge in [0.05, 0.1) is 18.2 Å². The number of unbranched alkanes of at least 4 members (excludes halogenated alkanes) is 1. The van der Waals surface area contributed by atoms with Gasteiger partial charge in [-0.25, -0.2) is 0 Å². The van der Waals surface area contributed by atoms with Crippen LogP contribution in [0.2, 0.25) is 0 Å². The molecule has 2 heterocycles. The van der Waals surface area contributed by atoms with E-state index in [1.54, 1.807) is 47.6 Å². The number of aryl methyl sites for hydroxylation is 1. The molecule has 1 unspecified atom stereocenters. The van der Waals surface area contributed by atoms with E-state index in [1.807, 2.05) is 20.8 Å². The van der Waals surface area contributed by atoms with E-state index in [4.69, 9.17) is 4.74 Å². The van der Waals surface area contributed by atoms with Crippen molar-refractivity contribution in [3.05, 3.63) is 65.0 Å². The highest BCUT2D eigenvalue weighted by atomic mass is 16.5. The molecule has 0 spiro atoms. The van der Waals surface area contributed by atoms with Crippen LogP contribution in [0.5, 0.6) is 5.75 Å². The van der Waals surface area contributed by atoms with Crippen LogP contribution in [0.25, 0.3) is 5.76 Å². The predicted octanol–water partition coefficient (Wildman–Crippen LogP) is 4.01. The molecule has 0 bridgehead atoms. The van der Waals surface area contributed by atoms with Gasteiger partial charge in [0.1, 0.15) is 11.5 Å². The maximum absolute atomic E-state index is 12.9. The van der Waals surface area contributed by atoms with E-state index >= 15 is 0 Å². The number of carbonyl (C=O) groups excluding carboxylic acids is 2. The highest BCUT2D eigenvalue weighted by Crippen LogP contribution is 2.39. The second-order valence-electron chi connectivity index (χ2n) is 7.04. The number of pyridine rings is 1. The quantitative estimate of drug-likeness (QED) is 0.436. The third kappa shape index (κ3) is 4.01. The number of hydrogen-bond acceptors (Lipinski definition) is 5. The lowest BCUT2D eigenvalue weighted by atomic mass is 9.95. The maximum atomic E-state index is 12.9. The van der Waals surface area contributed by atoms with Gasteiger partial charge in [0.2, 0.25) is 0 Å². The Bertz CT molecular complexity index is 937. The van der Waals surface area contributed by atoms with Crippen LogP contribution in [0.15, 0.2) is 48.3 Å². The molecule has 0 radical (unpaired) electrons. The smallest absolute Gasteiger partial charge is 0.295 e. The lowest BCUT2D eigenvalue weighted by Gasteiger charge is -2.25. The summed E-state index contributed by atoms with van der Waals surface area (Å²) in [6.07, 6.45) is 4.91. The number of Topliss-reactive ketones (excluding diaryl/α,β-unsaturated/α-hetero) is 1. The van der Waals surface area contributed by atoms with Crippen molar-refractivity contribution in [3.8, 4) is 5.75 Å². The average molecular weight is 394 g/mol. The van der Waals surface area contributed by atoms with Crippen LogP contribution in [0.3, 0.4) is 0 Å². The topological polar surface area (TPSA) is 79.7 Å². The Hall–Kier alpha value is -3.15. The standard InChI is InChI=1S/C23H26N2O4/c1-4-6-13-25-20(16-9-11-24-12-10-16)19(22(27)23(25)28)21(26)17-7-8-18(29-5-2)15(3)14-17/h7-12,14,20,26H,4-6,13H2,1-3H3/b21-19-. The van der Waals surface area contributed by atoms with Crippen LogP contribution in [-0.4, -0.2) is 39.8 Å². The molecule has 1 saturated heterocycles. The van der Waals surface area contributed by atoms with E-state index in [-0.39, 0.29) is 11.3 Å². The maximum Gasteiger partial charge on any atom is 0.295 e. The van der Waals surface area contributed by atoms with Crippen molar-refractivity contribution in [2.75, 3.05) is 13.2 Å². The number of hydrogen-bond donors (Lipinski definition) is 1. The molecule has 1 fully saturated rings. The summed E-state index contributed by atoms with van der Waals surface area (Å²) in [6, 6.07) is 8.15. The molecule has 6 nitrogen and oxygen atoms in total. The summed E-state index contributed by atoms with van der Waals surface area (Å²) in [6.45, 7) is 6.80. The van der Waals surface area contributed by atoms with Gasteiger partial charge in [-0.1, -0.05) is 13.3 Å². The molecule has 2 aromatic rings. The van der Waals surface area contributed by atoms with Crippen LogP contribution < -0.4 is 4.74 Å². The average Bonchev–Trinajstić information content (AvgIpc) is 2.98. The van der Waals surface area contributed by atoms with Gasteiger partial charge in [0.25, 0.3) is 11.7 Å². The first-order valence-corrected chi connectivity index (χ1v) is 9.91. The van der Waals surface area contributed by atoms with E-state index < -0.39 is 17.7 Å². The number of nitrogens with zero attached hydrogens (tertiary/aromatic N) is 2. The number of ether oxygens (including phenoxy) is 1. The first kappa shape index (κ1) is 20.6. The molecule has 1 aliphatic rings. The molecule has 0 aliphatic carbocycles. The molecule has 1 aromatic heterocycles. The zero-order chi connectivity index (χ0) is 21.0. The lowest BCUT2D eigenvalue weighted by molar-refractivity contribution is -0.139. The second-order valence-corrected chi connectivity index (χ2v) is 7.04. The van der Waals surface area contributed by atoms with Gasteiger partial charge in [-0.3, -0.25) is 14.6 Å². The molecule has 29 heavy (non-hydrogen) atoms. The summed E-state index contributed by atoms with van der Waals surface area (Å²) >= 11 is 0. The van der Waals surface area contributed by atoms with Gasteiger partial charge in [-0.15, -0.1) is 0 Å². The summed E-state index contributed by atoms with van der Waals surface area (Å²) in [5.41, 5.74) is 2.19. The Balaban J connectivity index is 2.12. The molecule has 152 valence electrons. The number of aliphatic hydroxyl groups is 1. The minimum atomic E-state index is -0.660. The zero-order valence-corrected chi connectivity index (χ0v) is 17.0. The van der Waals surface area contributed by atoms with E-state index in [0.29, 0.717) is 18.7 Å². The Morgan fingerprint density at radius 3 is 2.52 bits per heavy atom. The van der Waals surface area contributed by atoms with Crippen LogP contribution in [0, 0.1) is 6.92 Å². The lowest BCUT2D eigenvalue weighted by Crippen LogP contribution is -2.30. The predicted molar refractivity (Wildman–Crippen MR) is 111 cm³/mol. The molecule has 1 aromatic carbocycles. The highest BCUT2D eigenvalue weighted by Gasteiger charge is 2.45. The molecule has 6 heteroatoms. The Morgan fingerprint density at radius 2 is 1.90 bits per heavy atom. The van der Waals surface area contributed by atoms with Gasteiger partial charge in [0, 0.05) is 24.5 Å². The number of carbonyl (C=O) groups is 2. The summed E-state index contributed by atoms with van der Waals surface area (Å²) < 4.78 is 5.55. The van der Waals surface area contributed by atoms with Crippen molar-refractivity contribution in [2.24, 2.45) is 0 Å². The molecule has 1 atom stereocenters. The minimum absolute atomic E-state index is 0.112. The number of likely N-dealkylation sites (tertiary alicyclic amines) is 1. The number of aliphatic hydroxyl groups excluding tert-OH is 1. The van der Waals surface area contributed by atoms with Crippen molar-refractivity contribution in [2.45, 2.75) is 39.7 Å². The summed E-state index contributed by atoms with van der Waals surface area (Å²) in [4.78, 5) is 31.2. The van der Waals surface area contributed by atoms with Gasteiger partial charge < -0.3 is 14.7 Å². The molecule has 0 saturated carbocycles. The molecular weight excluding hydrogens is 368 g/mol. The number of aromatic nitrogens is 1. The minimum Gasteiger partial charge on any atom is -0.507 e. The zero-order valence-electron chi connectivity index (χ0n) is 17.0. The van der Waals surface area contributed by atoms with Gasteiger partial charge in [0.15, 0.2) is 0 Å². The van der Waals surface area contributed by atoms with Crippen LogP contribution in [0.4, 0.5) is 0 Å². The Morgan fingerprint density at radius 1 is 1.17 bits per heavy atom. The SMILES string of the molecule is CCCCN1C(=O)C(=O)/C(=C(\O)c2ccc(OCC)c(C)c2)C1c1ccncc1. The first-order chi connectivity index (χ1) is 14.0. The van der Waals surface area contributed by atoms with Crippen molar-refractivity contribution >= 4 is 17.4 Å². The van der Waals surface area contributed by atoms with Crippen LogP contribution in [0.1, 0.15) is 49.4 Å². The summed E-state index contributed by atoms with van der Waals surface area (Å²) in [7, 11) is 0. The molecule has 3 rings (SSSR count). The van der Waals surface area contributed by atoms with Gasteiger partial charge in [-0.05, 0) is 61.7 Å². The molecule has 1 N–H and O–H groups in total. The third-order valence-corrected chi connectivity index (χ3v) is 5.06. The number of benzene rings is 1. The number of ketones is 1. The third-order valence-electron chi connectivity index (χ3n) is 5.06. The van der Waals surface area contributed by atoms with Crippen LogP contribution in [-0.2, 0) is 9.59 Å². The fourth-order valence-electron chi connectivity index (χ4n) is 3.60.